The summed E-state index contributed by atoms with van der Waals surface area (Å²) in [6, 6.07) is -0.00794. The van der Waals surface area contributed by atoms with Gasteiger partial charge in [0.2, 0.25) is 0 Å². The number of aliphatic carboxylic acids is 1. The standard InChI is InChI=1S/C14H27NO5/c1-3-5-15(6-4-7-19-9-8-18-2)13-11-20-10-12(13)14(16)17/h12-13H,3-11H2,1-2H3,(H,16,17). The molecule has 1 rings (SSSR count). The Morgan fingerprint density at radius 2 is 2.10 bits per heavy atom. The number of carboxylic acids is 1. The van der Waals surface area contributed by atoms with Gasteiger partial charge in [0.05, 0.1) is 32.3 Å². The zero-order chi connectivity index (χ0) is 14.8. The number of carboxylic acid groups (broad SMARTS) is 1. The van der Waals surface area contributed by atoms with Gasteiger partial charge in [-0.05, 0) is 19.4 Å². The molecule has 0 saturated carbocycles. The first-order chi connectivity index (χ1) is 9.70. The van der Waals surface area contributed by atoms with Crippen molar-refractivity contribution in [2.24, 2.45) is 5.92 Å². The lowest BCUT2D eigenvalue weighted by Gasteiger charge is -2.29. The van der Waals surface area contributed by atoms with E-state index in [1.807, 2.05) is 0 Å². The van der Waals surface area contributed by atoms with Crippen molar-refractivity contribution in [1.29, 1.82) is 0 Å². The highest BCUT2D eigenvalue weighted by molar-refractivity contribution is 5.71. The maximum atomic E-state index is 11.2. The molecule has 1 N–H and O–H groups in total. The molecule has 1 aliphatic heterocycles. The predicted octanol–water partition coefficient (Wildman–Crippen LogP) is 0.851. The van der Waals surface area contributed by atoms with Crippen LogP contribution in [0.1, 0.15) is 19.8 Å². The fraction of sp³-hybridized carbons (Fsp3) is 0.929. The lowest BCUT2D eigenvalue weighted by molar-refractivity contribution is -0.143. The first kappa shape index (κ1) is 17.4. The Morgan fingerprint density at radius 1 is 1.30 bits per heavy atom. The molecule has 0 bridgehead atoms. The number of carbonyl (C=O) groups is 1. The molecule has 20 heavy (non-hydrogen) atoms. The number of hydrogen-bond acceptors (Lipinski definition) is 5. The second-order valence-electron chi connectivity index (χ2n) is 5.04. The Hall–Kier alpha value is -0.690. The van der Waals surface area contributed by atoms with E-state index in [1.54, 1.807) is 7.11 Å². The molecule has 0 spiro atoms. The van der Waals surface area contributed by atoms with Crippen LogP contribution in [-0.4, -0.2) is 75.3 Å². The van der Waals surface area contributed by atoms with Crippen LogP contribution in [0, 0.1) is 5.92 Å². The maximum absolute atomic E-state index is 11.2. The summed E-state index contributed by atoms with van der Waals surface area (Å²) < 4.78 is 15.7. The third-order valence-electron chi connectivity index (χ3n) is 3.51. The highest BCUT2D eigenvalue weighted by atomic mass is 16.5. The van der Waals surface area contributed by atoms with Gasteiger partial charge in [0.15, 0.2) is 0 Å². The number of rotatable bonds is 11. The number of nitrogens with zero attached hydrogens (tertiary/aromatic N) is 1. The molecule has 2 atom stereocenters. The second-order valence-corrected chi connectivity index (χ2v) is 5.04. The molecular weight excluding hydrogens is 262 g/mol. The number of methoxy groups -OCH3 is 1. The van der Waals surface area contributed by atoms with Crippen molar-refractivity contribution < 1.29 is 24.1 Å². The molecule has 0 aromatic carbocycles. The summed E-state index contributed by atoms with van der Waals surface area (Å²) in [5.74, 6) is -1.17. The van der Waals surface area contributed by atoms with Crippen molar-refractivity contribution in [3.63, 3.8) is 0 Å². The molecule has 6 nitrogen and oxygen atoms in total. The fourth-order valence-electron chi connectivity index (χ4n) is 2.48. The zero-order valence-electron chi connectivity index (χ0n) is 12.5. The summed E-state index contributed by atoms with van der Waals surface area (Å²) in [7, 11) is 1.65. The molecule has 118 valence electrons. The van der Waals surface area contributed by atoms with Gasteiger partial charge in [-0.3, -0.25) is 9.69 Å². The molecule has 1 aliphatic rings. The minimum Gasteiger partial charge on any atom is -0.481 e. The number of ether oxygens (including phenoxy) is 3. The van der Waals surface area contributed by atoms with Crippen molar-refractivity contribution in [1.82, 2.24) is 4.90 Å². The van der Waals surface area contributed by atoms with Gasteiger partial charge < -0.3 is 19.3 Å². The summed E-state index contributed by atoms with van der Waals surface area (Å²) in [6.07, 6.45) is 1.90. The molecule has 0 radical (unpaired) electrons. The quantitative estimate of drug-likeness (QED) is 0.569. The van der Waals surface area contributed by atoms with Crippen molar-refractivity contribution in [2.75, 3.05) is 53.2 Å². The maximum Gasteiger partial charge on any atom is 0.310 e. The molecule has 0 aliphatic carbocycles. The van der Waals surface area contributed by atoms with Crippen LogP contribution in [0.4, 0.5) is 0 Å². The first-order valence-corrected chi connectivity index (χ1v) is 7.32. The lowest BCUT2D eigenvalue weighted by atomic mass is 10.0. The molecule has 0 aromatic rings. The van der Waals surface area contributed by atoms with E-state index < -0.39 is 11.9 Å². The van der Waals surface area contributed by atoms with E-state index in [2.05, 4.69) is 11.8 Å². The van der Waals surface area contributed by atoms with Crippen LogP contribution in [-0.2, 0) is 19.0 Å². The highest BCUT2D eigenvalue weighted by Crippen LogP contribution is 2.20. The predicted molar refractivity (Wildman–Crippen MR) is 74.9 cm³/mol. The molecule has 1 fully saturated rings. The highest BCUT2D eigenvalue weighted by Gasteiger charge is 2.37. The van der Waals surface area contributed by atoms with Crippen molar-refractivity contribution in [2.45, 2.75) is 25.8 Å². The summed E-state index contributed by atoms with van der Waals surface area (Å²) in [6.45, 7) is 6.58. The van der Waals surface area contributed by atoms with E-state index in [4.69, 9.17) is 14.2 Å². The monoisotopic (exact) mass is 289 g/mol. The van der Waals surface area contributed by atoms with Gasteiger partial charge in [0, 0.05) is 26.3 Å². The van der Waals surface area contributed by atoms with Crippen molar-refractivity contribution in [3.05, 3.63) is 0 Å². The van der Waals surface area contributed by atoms with Crippen LogP contribution in [0.25, 0.3) is 0 Å². The Bertz CT molecular complexity index is 274. The van der Waals surface area contributed by atoms with E-state index in [9.17, 15) is 9.90 Å². The van der Waals surface area contributed by atoms with E-state index >= 15 is 0 Å². The van der Waals surface area contributed by atoms with E-state index in [0.29, 0.717) is 33.0 Å². The normalized spacial score (nSPS) is 22.6. The molecule has 0 aromatic heterocycles. The zero-order valence-corrected chi connectivity index (χ0v) is 12.5. The Balaban J connectivity index is 2.33. The lowest BCUT2D eigenvalue weighted by Crippen LogP contribution is -2.44. The second kappa shape index (κ2) is 10.1. The smallest absolute Gasteiger partial charge is 0.310 e. The SMILES string of the molecule is CCCN(CCCOCCOC)C1COCC1C(=O)O. The summed E-state index contributed by atoms with van der Waals surface area (Å²) >= 11 is 0. The van der Waals surface area contributed by atoms with E-state index in [1.165, 1.54) is 0 Å². The number of hydrogen-bond donors (Lipinski definition) is 1. The largest absolute Gasteiger partial charge is 0.481 e. The van der Waals surface area contributed by atoms with Gasteiger partial charge in [0.25, 0.3) is 0 Å². The molecule has 1 heterocycles. The fourth-order valence-corrected chi connectivity index (χ4v) is 2.48. The van der Waals surface area contributed by atoms with Gasteiger partial charge >= 0.3 is 5.97 Å². The van der Waals surface area contributed by atoms with Crippen LogP contribution in [0.3, 0.4) is 0 Å². The average molecular weight is 289 g/mol. The Labute approximate surface area is 121 Å². The van der Waals surface area contributed by atoms with Crippen molar-refractivity contribution >= 4 is 5.97 Å². The van der Waals surface area contributed by atoms with Gasteiger partial charge in [-0.2, -0.15) is 0 Å². The van der Waals surface area contributed by atoms with E-state index in [-0.39, 0.29) is 6.04 Å². The van der Waals surface area contributed by atoms with Gasteiger partial charge in [-0.15, -0.1) is 0 Å². The van der Waals surface area contributed by atoms with Gasteiger partial charge in [-0.1, -0.05) is 6.92 Å². The minimum atomic E-state index is -0.759. The molecule has 1 saturated heterocycles. The third-order valence-corrected chi connectivity index (χ3v) is 3.51. The van der Waals surface area contributed by atoms with Crippen LogP contribution in [0.15, 0.2) is 0 Å². The summed E-state index contributed by atoms with van der Waals surface area (Å²) in [5.41, 5.74) is 0. The molecular formula is C14H27NO5. The van der Waals surface area contributed by atoms with Gasteiger partial charge in [0.1, 0.15) is 0 Å². The van der Waals surface area contributed by atoms with Crippen LogP contribution >= 0.6 is 0 Å². The molecule has 2 unspecified atom stereocenters. The van der Waals surface area contributed by atoms with Gasteiger partial charge in [-0.25, -0.2) is 0 Å². The van der Waals surface area contributed by atoms with Crippen LogP contribution < -0.4 is 0 Å². The third kappa shape index (κ3) is 5.75. The van der Waals surface area contributed by atoms with Crippen molar-refractivity contribution in [3.8, 4) is 0 Å². The molecule has 6 heteroatoms. The topological polar surface area (TPSA) is 68.2 Å². The molecule has 0 amide bonds. The first-order valence-electron chi connectivity index (χ1n) is 7.32. The summed E-state index contributed by atoms with van der Waals surface area (Å²) in [5, 5.41) is 9.22. The van der Waals surface area contributed by atoms with E-state index in [0.717, 1.165) is 25.9 Å². The van der Waals surface area contributed by atoms with Crippen LogP contribution in [0.2, 0.25) is 0 Å². The Kier molecular flexibility index (Phi) is 8.77. The Morgan fingerprint density at radius 3 is 2.75 bits per heavy atom. The minimum absolute atomic E-state index is 0.00794. The average Bonchev–Trinajstić information content (AvgIpc) is 2.90. The summed E-state index contributed by atoms with van der Waals surface area (Å²) in [4.78, 5) is 13.5. The van der Waals surface area contributed by atoms with Crippen LogP contribution in [0.5, 0.6) is 0 Å².